The number of benzene rings is 1. The molecule has 0 unspecified atom stereocenters. The van der Waals surface area contributed by atoms with Gasteiger partial charge in [-0.25, -0.2) is 9.78 Å². The largest absolute Gasteiger partial charge is 0.378 e. The lowest BCUT2D eigenvalue weighted by Crippen LogP contribution is -2.36. The molecule has 0 spiro atoms. The highest BCUT2D eigenvalue weighted by Crippen LogP contribution is 2.29. The number of nitrogens with zero attached hydrogens (tertiary/aromatic N) is 5. The van der Waals surface area contributed by atoms with E-state index in [0.29, 0.717) is 23.1 Å². The smallest absolute Gasteiger partial charge is 0.328 e. The van der Waals surface area contributed by atoms with Crippen molar-refractivity contribution in [1.82, 2.24) is 24.8 Å². The van der Waals surface area contributed by atoms with E-state index < -0.39 is 6.03 Å². The molecule has 3 fully saturated rings. The Kier molecular flexibility index (Phi) is 5.25. The Morgan fingerprint density at radius 2 is 1.91 bits per heavy atom. The van der Waals surface area contributed by atoms with Crippen LogP contribution in [0.2, 0.25) is 0 Å². The third-order valence-electron chi connectivity index (χ3n) is 6.33. The molecule has 2 aliphatic heterocycles. The SMILES string of the molecule is CN1C(=O)NC(=Cc2cnn3c(NC4CC4)cc(Nc4ccc(N5CCOCC5)cc4)nc23)C1=O. The zero-order valence-electron chi connectivity index (χ0n) is 19.3. The third-order valence-corrected chi connectivity index (χ3v) is 6.33. The van der Waals surface area contributed by atoms with Crippen molar-refractivity contribution in [3.05, 3.63) is 47.8 Å². The van der Waals surface area contributed by atoms with Crippen LogP contribution >= 0.6 is 0 Å². The van der Waals surface area contributed by atoms with Crippen LogP contribution in [0.4, 0.5) is 27.8 Å². The van der Waals surface area contributed by atoms with Gasteiger partial charge in [-0.1, -0.05) is 0 Å². The third kappa shape index (κ3) is 4.26. The van der Waals surface area contributed by atoms with E-state index in [1.807, 2.05) is 18.2 Å². The first-order valence-electron chi connectivity index (χ1n) is 11.7. The number of aromatic nitrogens is 3. The molecule has 0 radical (unpaired) electrons. The van der Waals surface area contributed by atoms with Gasteiger partial charge in [0.15, 0.2) is 5.65 Å². The Hall–Kier alpha value is -4.12. The molecule has 1 aromatic carbocycles. The highest BCUT2D eigenvalue weighted by molar-refractivity contribution is 6.14. The number of hydrogen-bond donors (Lipinski definition) is 3. The number of likely N-dealkylation sites (N-methyl/N-ethyl adjacent to an activating group) is 1. The summed E-state index contributed by atoms with van der Waals surface area (Å²) in [5.74, 6) is 1.08. The Morgan fingerprint density at radius 1 is 1.14 bits per heavy atom. The molecular weight excluding hydrogens is 448 g/mol. The van der Waals surface area contributed by atoms with Crippen molar-refractivity contribution in [1.29, 1.82) is 0 Å². The van der Waals surface area contributed by atoms with Crippen LogP contribution in [0.25, 0.3) is 11.7 Å². The minimum atomic E-state index is -0.454. The summed E-state index contributed by atoms with van der Waals surface area (Å²) in [6.45, 7) is 3.27. The Bertz CT molecular complexity index is 1320. The van der Waals surface area contributed by atoms with Gasteiger partial charge in [0, 0.05) is 49.2 Å². The molecular formula is C24H26N8O3. The number of carbonyl (C=O) groups excluding carboxylic acids is 2. The van der Waals surface area contributed by atoms with Crippen molar-refractivity contribution >= 4 is 46.7 Å². The maximum absolute atomic E-state index is 12.3. The second-order valence-corrected chi connectivity index (χ2v) is 8.90. The van der Waals surface area contributed by atoms with Gasteiger partial charge in [0.1, 0.15) is 17.3 Å². The number of urea groups is 1. The van der Waals surface area contributed by atoms with E-state index in [-0.39, 0.29) is 11.6 Å². The van der Waals surface area contributed by atoms with Gasteiger partial charge in [-0.15, -0.1) is 0 Å². The zero-order chi connectivity index (χ0) is 23.9. The van der Waals surface area contributed by atoms with Gasteiger partial charge in [0.25, 0.3) is 5.91 Å². The first-order valence-corrected chi connectivity index (χ1v) is 11.7. The fraction of sp³-hybridized carbons (Fsp3) is 0.333. The molecule has 4 heterocycles. The quantitative estimate of drug-likeness (QED) is 0.369. The topological polar surface area (TPSA) is 116 Å². The minimum absolute atomic E-state index is 0.197. The molecule has 11 nitrogen and oxygen atoms in total. The molecule has 3 amide bonds. The number of amides is 3. The maximum Gasteiger partial charge on any atom is 0.328 e. The van der Waals surface area contributed by atoms with Crippen molar-refractivity contribution < 1.29 is 14.3 Å². The van der Waals surface area contributed by atoms with Crippen LogP contribution in [-0.2, 0) is 9.53 Å². The number of fused-ring (bicyclic) bond motifs is 1. The van der Waals surface area contributed by atoms with Crippen LogP contribution < -0.4 is 20.9 Å². The van der Waals surface area contributed by atoms with Gasteiger partial charge in [-0.2, -0.15) is 9.61 Å². The molecule has 1 aliphatic carbocycles. The Morgan fingerprint density at radius 3 is 2.60 bits per heavy atom. The molecule has 3 N–H and O–H groups in total. The molecule has 3 aromatic rings. The van der Waals surface area contributed by atoms with Gasteiger partial charge >= 0.3 is 6.03 Å². The summed E-state index contributed by atoms with van der Waals surface area (Å²) >= 11 is 0. The normalized spacial score (nSPS) is 19.5. The van der Waals surface area contributed by atoms with Crippen LogP contribution in [0.15, 0.2) is 42.2 Å². The van der Waals surface area contributed by atoms with Crippen molar-refractivity contribution in [2.45, 2.75) is 18.9 Å². The van der Waals surface area contributed by atoms with Crippen LogP contribution in [-0.4, -0.2) is 70.8 Å². The predicted octanol–water partition coefficient (Wildman–Crippen LogP) is 2.41. The van der Waals surface area contributed by atoms with Crippen molar-refractivity contribution in [3.63, 3.8) is 0 Å². The van der Waals surface area contributed by atoms with E-state index in [4.69, 9.17) is 9.72 Å². The number of ether oxygens (including phenoxy) is 1. The predicted molar refractivity (Wildman–Crippen MR) is 132 cm³/mol. The maximum atomic E-state index is 12.3. The lowest BCUT2D eigenvalue weighted by molar-refractivity contribution is -0.121. The molecule has 0 atom stereocenters. The Labute approximate surface area is 201 Å². The summed E-state index contributed by atoms with van der Waals surface area (Å²) in [5.41, 5.74) is 3.48. The first-order chi connectivity index (χ1) is 17.0. The van der Waals surface area contributed by atoms with E-state index in [2.05, 4.69) is 38.1 Å². The molecule has 6 rings (SSSR count). The highest BCUT2D eigenvalue weighted by atomic mass is 16.5. The lowest BCUT2D eigenvalue weighted by Gasteiger charge is -2.28. The second-order valence-electron chi connectivity index (χ2n) is 8.90. The van der Waals surface area contributed by atoms with Gasteiger partial charge in [-0.05, 0) is 43.2 Å². The molecule has 1 saturated carbocycles. The fourth-order valence-corrected chi connectivity index (χ4v) is 4.19. The minimum Gasteiger partial charge on any atom is -0.378 e. The van der Waals surface area contributed by atoms with Gasteiger partial charge < -0.3 is 25.6 Å². The average molecular weight is 475 g/mol. The molecule has 11 heteroatoms. The fourth-order valence-electron chi connectivity index (χ4n) is 4.19. The molecule has 0 bridgehead atoms. The van der Waals surface area contributed by atoms with Crippen LogP contribution in [0.5, 0.6) is 0 Å². The van der Waals surface area contributed by atoms with Crippen LogP contribution in [0.1, 0.15) is 18.4 Å². The van der Waals surface area contributed by atoms with E-state index >= 15 is 0 Å². The molecule has 180 valence electrons. The van der Waals surface area contributed by atoms with Gasteiger partial charge in [0.05, 0.1) is 19.4 Å². The van der Waals surface area contributed by atoms with Gasteiger partial charge in [0.2, 0.25) is 0 Å². The standard InChI is InChI=1S/C24H26N8O3/c1-30-23(33)19(28-24(30)34)12-15-14-25-32-21(27-17-2-3-17)13-20(29-22(15)32)26-16-4-6-18(7-5-16)31-8-10-35-11-9-31/h4-7,12-14,17,27H,2-3,8-11H2,1H3,(H,26,29)(H,28,34). The molecule has 3 aliphatic rings. The second kappa shape index (κ2) is 8.58. The number of rotatable bonds is 6. The summed E-state index contributed by atoms with van der Waals surface area (Å²) in [5, 5.41) is 14.0. The van der Waals surface area contributed by atoms with Crippen molar-refractivity contribution in [3.8, 4) is 0 Å². The summed E-state index contributed by atoms with van der Waals surface area (Å²) in [4.78, 5) is 32.3. The summed E-state index contributed by atoms with van der Waals surface area (Å²) in [6.07, 6.45) is 5.48. The number of morpholine rings is 1. The first kappa shape index (κ1) is 21.4. The van der Waals surface area contributed by atoms with Gasteiger partial charge in [-0.3, -0.25) is 9.69 Å². The van der Waals surface area contributed by atoms with Crippen LogP contribution in [0.3, 0.4) is 0 Å². The summed E-state index contributed by atoms with van der Waals surface area (Å²) < 4.78 is 7.17. The molecule has 2 aromatic heterocycles. The lowest BCUT2D eigenvalue weighted by atomic mass is 10.2. The number of nitrogens with one attached hydrogen (secondary N) is 3. The van der Waals surface area contributed by atoms with Crippen molar-refractivity contribution in [2.75, 3.05) is 48.9 Å². The number of imide groups is 1. The number of hydrogen-bond acceptors (Lipinski definition) is 8. The zero-order valence-corrected chi connectivity index (χ0v) is 19.3. The monoisotopic (exact) mass is 474 g/mol. The number of anilines is 4. The average Bonchev–Trinajstić information content (AvgIpc) is 3.56. The Balaban J connectivity index is 1.31. The van der Waals surface area contributed by atoms with Crippen molar-refractivity contribution in [2.24, 2.45) is 0 Å². The highest BCUT2D eigenvalue weighted by Gasteiger charge is 2.30. The molecule has 35 heavy (non-hydrogen) atoms. The molecule has 2 saturated heterocycles. The van der Waals surface area contributed by atoms with E-state index in [1.54, 1.807) is 16.8 Å². The van der Waals surface area contributed by atoms with E-state index in [1.165, 1.54) is 7.05 Å². The van der Waals surface area contributed by atoms with E-state index in [0.717, 1.165) is 61.2 Å². The summed E-state index contributed by atoms with van der Waals surface area (Å²) in [7, 11) is 1.44. The van der Waals surface area contributed by atoms with Crippen LogP contribution in [0, 0.1) is 0 Å². The summed E-state index contributed by atoms with van der Waals surface area (Å²) in [6, 6.07) is 10.1. The number of carbonyl (C=O) groups is 2. The van der Waals surface area contributed by atoms with E-state index in [9.17, 15) is 9.59 Å².